The molecule has 1 aliphatic heterocycles. The van der Waals surface area contributed by atoms with Crippen molar-refractivity contribution in [1.29, 1.82) is 0 Å². The number of amides is 11. The monoisotopic (exact) mass is 1410 g/mol. The van der Waals surface area contributed by atoms with Gasteiger partial charge in [-0.3, -0.25) is 57.5 Å². The minimum atomic E-state index is -2.38. The molecule has 5 N–H and O–H groups in total. The summed E-state index contributed by atoms with van der Waals surface area (Å²) in [5.74, 6) is -11.9. The maximum absolute atomic E-state index is 16.4. The maximum Gasteiger partial charge on any atom is 0.257 e. The van der Waals surface area contributed by atoms with E-state index in [1.807, 2.05) is 55.4 Å². The Kier molecular flexibility index (Phi) is 40.4. The standard InChI is InChI=1S/C76H137N11O13/c1-26-29-31-32-33-34-35-36-37-38-39-41-61(88)76(52(14)15)75(100)86(24)64(65(90)53(16)40-30-27-2)69(94)79-56(28-3)71(96)81(19)46-62(89)82(20)57(42-47(4)5)68(93)80-63(51(12)13)74(99)83(21)58(43-48(6)7)67(92)77-54(17)66(91)78-55(18)70(95)84(22)59(44-49(8)9)72(97)85(23)60(45-50(10)11)73(98)87(76)25/h27,30,47-60,63-65,90H,26,28-29,31-46H2,1-25H3,(H,77,92)(H,78,91)(H,79,94)(H,80,93)/b30-27+/t53-,54+,55-,56+,57+,58+,59+,60+,63+,64+,65-,76+/m1/s1. The van der Waals surface area contributed by atoms with Crippen molar-refractivity contribution in [1.82, 2.24) is 55.6 Å². The molecule has 0 aromatic rings. The summed E-state index contributed by atoms with van der Waals surface area (Å²) >= 11 is 0. The van der Waals surface area contributed by atoms with Crippen molar-refractivity contribution in [2.45, 2.75) is 306 Å². The van der Waals surface area contributed by atoms with Crippen LogP contribution in [0.3, 0.4) is 0 Å². The number of nitrogens with one attached hydrogen (secondary N) is 4. The molecule has 1 rings (SSSR count). The summed E-state index contributed by atoms with van der Waals surface area (Å²) in [6, 6.07) is -11.8. The summed E-state index contributed by atoms with van der Waals surface area (Å²) < 4.78 is 0. The fourth-order valence-electron chi connectivity index (χ4n) is 13.4. The molecule has 24 nitrogen and oxygen atoms in total. The number of hydrogen-bond donors (Lipinski definition) is 5. The summed E-state index contributed by atoms with van der Waals surface area (Å²) in [6.07, 6.45) is 13.2. The average molecular weight is 1410 g/mol. The zero-order valence-electron chi connectivity index (χ0n) is 66.4. The van der Waals surface area contributed by atoms with Gasteiger partial charge in [-0.2, -0.15) is 0 Å². The van der Waals surface area contributed by atoms with Crippen molar-refractivity contribution in [3.05, 3.63) is 12.2 Å². The van der Waals surface area contributed by atoms with Crippen LogP contribution in [0.15, 0.2) is 12.2 Å². The molecule has 0 aliphatic carbocycles. The first-order valence-corrected chi connectivity index (χ1v) is 37.5. The van der Waals surface area contributed by atoms with Gasteiger partial charge < -0.3 is 60.7 Å². The normalized spacial score (nSPS) is 25.4. The molecular formula is C76H137N11O13. The highest BCUT2D eigenvalue weighted by Crippen LogP contribution is 2.35. The third-order valence-electron chi connectivity index (χ3n) is 19.9. The highest BCUT2D eigenvalue weighted by molar-refractivity contribution is 6.14. The Hall–Kier alpha value is -6.46. The lowest BCUT2D eigenvalue weighted by Crippen LogP contribution is -2.71. The van der Waals surface area contributed by atoms with Crippen LogP contribution in [0, 0.1) is 41.4 Å². The van der Waals surface area contributed by atoms with E-state index in [-0.39, 0.29) is 68.6 Å². The number of ketones is 1. The van der Waals surface area contributed by atoms with Crippen LogP contribution < -0.4 is 21.3 Å². The number of carbonyl (C=O) groups is 12. The van der Waals surface area contributed by atoms with Crippen LogP contribution >= 0.6 is 0 Å². The molecule has 12 atom stereocenters. The van der Waals surface area contributed by atoms with Crippen LogP contribution in [0.1, 0.15) is 240 Å². The van der Waals surface area contributed by atoms with E-state index in [9.17, 15) is 38.7 Å². The molecule has 0 unspecified atom stereocenters. The highest BCUT2D eigenvalue weighted by atomic mass is 16.3. The van der Waals surface area contributed by atoms with Gasteiger partial charge in [0.25, 0.3) is 5.91 Å². The van der Waals surface area contributed by atoms with Crippen molar-refractivity contribution < 1.29 is 62.6 Å². The number of Topliss-reactive ketones (excluding diaryl/α,β-unsaturated/α-hetero) is 1. The van der Waals surface area contributed by atoms with E-state index in [0.717, 1.165) is 46.8 Å². The molecule has 0 spiro atoms. The van der Waals surface area contributed by atoms with Crippen molar-refractivity contribution in [2.75, 3.05) is 55.9 Å². The van der Waals surface area contributed by atoms with Gasteiger partial charge in [-0.15, -0.1) is 0 Å². The Morgan fingerprint density at radius 3 is 1.39 bits per heavy atom. The van der Waals surface area contributed by atoms with Crippen LogP contribution in [-0.4, -0.2) is 232 Å². The van der Waals surface area contributed by atoms with Gasteiger partial charge in [-0.1, -0.05) is 180 Å². The molecule has 574 valence electrons. The molecule has 0 radical (unpaired) electrons. The fraction of sp³-hybridized carbons (Fsp3) is 0.816. The van der Waals surface area contributed by atoms with Crippen LogP contribution in [-0.2, 0) is 57.5 Å². The average Bonchev–Trinajstić information content (AvgIpc) is 0.744. The molecule has 1 aliphatic rings. The van der Waals surface area contributed by atoms with Gasteiger partial charge in [0, 0.05) is 55.8 Å². The number of likely N-dealkylation sites (N-methyl/N-ethyl adjacent to an activating group) is 7. The number of rotatable bonds is 28. The summed E-state index contributed by atoms with van der Waals surface area (Å²) in [6.45, 7) is 31.2. The topological polar surface area (TPSA) is 296 Å². The van der Waals surface area contributed by atoms with Gasteiger partial charge in [-0.25, -0.2) is 0 Å². The maximum atomic E-state index is 16.4. The van der Waals surface area contributed by atoms with E-state index in [0.29, 0.717) is 12.8 Å². The van der Waals surface area contributed by atoms with Gasteiger partial charge >= 0.3 is 0 Å². The second kappa shape index (κ2) is 44.1. The van der Waals surface area contributed by atoms with E-state index in [4.69, 9.17) is 0 Å². The van der Waals surface area contributed by atoms with Crippen molar-refractivity contribution in [3.8, 4) is 0 Å². The van der Waals surface area contributed by atoms with Crippen LogP contribution in [0.2, 0.25) is 0 Å². The van der Waals surface area contributed by atoms with Crippen molar-refractivity contribution >= 4 is 70.8 Å². The molecule has 24 heteroatoms. The predicted molar refractivity (Wildman–Crippen MR) is 393 cm³/mol. The molecule has 11 amide bonds. The number of nitrogens with zero attached hydrogens (tertiary/aromatic N) is 7. The molecule has 100 heavy (non-hydrogen) atoms. The number of aliphatic hydroxyl groups is 1. The Labute approximate surface area is 602 Å². The van der Waals surface area contributed by atoms with Gasteiger partial charge in [0.15, 0.2) is 11.3 Å². The quantitative estimate of drug-likeness (QED) is 0.0283. The molecular weight excluding hydrogens is 1270 g/mol. The smallest absolute Gasteiger partial charge is 0.257 e. The van der Waals surface area contributed by atoms with Gasteiger partial charge in [-0.05, 0) is 107 Å². The lowest BCUT2D eigenvalue weighted by Gasteiger charge is -2.48. The number of unbranched alkanes of at least 4 members (excludes halogenated alkanes) is 10. The molecule has 1 fully saturated rings. The Balaban J connectivity index is 4.58. The first-order valence-electron chi connectivity index (χ1n) is 37.5. The minimum absolute atomic E-state index is 0.0291. The highest BCUT2D eigenvalue weighted by Gasteiger charge is 2.57. The van der Waals surface area contributed by atoms with Gasteiger partial charge in [0.05, 0.1) is 12.6 Å². The second-order valence-electron chi connectivity index (χ2n) is 30.9. The first kappa shape index (κ1) is 91.6. The van der Waals surface area contributed by atoms with Crippen molar-refractivity contribution in [3.63, 3.8) is 0 Å². The number of hydrogen-bond acceptors (Lipinski definition) is 13. The van der Waals surface area contributed by atoms with E-state index < -0.39 is 161 Å². The summed E-state index contributed by atoms with van der Waals surface area (Å²) in [4.78, 5) is 189. The fourth-order valence-corrected chi connectivity index (χ4v) is 13.4. The molecule has 0 bridgehead atoms. The van der Waals surface area contributed by atoms with Gasteiger partial charge in [0.2, 0.25) is 59.1 Å². The molecule has 1 heterocycles. The van der Waals surface area contributed by atoms with Crippen LogP contribution in [0.25, 0.3) is 0 Å². The zero-order valence-corrected chi connectivity index (χ0v) is 66.4. The predicted octanol–water partition coefficient (Wildman–Crippen LogP) is 7.91. The molecule has 0 saturated carbocycles. The third-order valence-corrected chi connectivity index (χ3v) is 19.9. The minimum Gasteiger partial charge on any atom is -0.390 e. The van der Waals surface area contributed by atoms with E-state index >= 15 is 24.0 Å². The number of aliphatic hydroxyl groups excluding tert-OH is 1. The van der Waals surface area contributed by atoms with E-state index in [2.05, 4.69) is 28.2 Å². The number of allylic oxidation sites excluding steroid dienone is 2. The Morgan fingerprint density at radius 2 is 0.930 bits per heavy atom. The summed E-state index contributed by atoms with van der Waals surface area (Å²) in [7, 11) is 9.71. The zero-order chi connectivity index (χ0) is 77.0. The van der Waals surface area contributed by atoms with Crippen LogP contribution in [0.4, 0.5) is 0 Å². The van der Waals surface area contributed by atoms with Gasteiger partial charge in [0.1, 0.15) is 54.4 Å². The molecule has 0 aromatic carbocycles. The van der Waals surface area contributed by atoms with E-state index in [1.54, 1.807) is 60.6 Å². The first-order chi connectivity index (χ1) is 46.6. The molecule has 1 saturated heterocycles. The van der Waals surface area contributed by atoms with Crippen LogP contribution in [0.5, 0.6) is 0 Å². The summed E-state index contributed by atoms with van der Waals surface area (Å²) in [5, 5.41) is 23.6. The summed E-state index contributed by atoms with van der Waals surface area (Å²) in [5.41, 5.74) is -2.38. The number of carbonyl (C=O) groups excluding carboxylic acids is 12. The largest absolute Gasteiger partial charge is 0.390 e. The third kappa shape index (κ3) is 26.4. The lowest BCUT2D eigenvalue weighted by atomic mass is 9.76. The second-order valence-corrected chi connectivity index (χ2v) is 30.9. The van der Waals surface area contributed by atoms with Crippen molar-refractivity contribution in [2.24, 2.45) is 41.4 Å². The Morgan fingerprint density at radius 1 is 0.500 bits per heavy atom. The lowest BCUT2D eigenvalue weighted by molar-refractivity contribution is -0.169. The molecule has 0 aromatic heterocycles. The Bertz CT molecular complexity index is 2700. The SMILES string of the molecule is C/C=C/C[C@@H](C)[C@@H](O)[C@H]1C(=O)N[C@@H](CC)C(=O)N(C)CC(=O)N(C)[C@@H](CC(C)C)C(=O)N[C@@H](C(C)C)C(=O)N(C)[C@@H](CC(C)C)C(=O)N[C@@H](C)C(=O)N[C@H](C)C(=O)N(C)[C@@H](CC(C)C)C(=O)N(C)[C@@H](CC(C)C)C(=O)N(C)[C@](C(=O)CCCCCCCCCCCCC)(C(C)C)C(=O)N1C. The van der Waals surface area contributed by atoms with E-state index in [1.165, 1.54) is 108 Å².